The number of hydrogen-bond acceptors (Lipinski definition) is 7. The monoisotopic (exact) mass is 651 g/mol. The topological polar surface area (TPSA) is 79.8 Å². The van der Waals surface area contributed by atoms with Crippen molar-refractivity contribution in [3.05, 3.63) is 53.7 Å². The van der Waals surface area contributed by atoms with E-state index in [1.54, 1.807) is 36.4 Å². The molecule has 0 unspecified atom stereocenters. The largest absolute Gasteiger partial charge is 0.495 e. The second kappa shape index (κ2) is 16.1. The third-order valence-electron chi connectivity index (χ3n) is 8.69. The van der Waals surface area contributed by atoms with Crippen LogP contribution in [0.1, 0.15) is 41.7 Å². The van der Waals surface area contributed by atoms with Crippen molar-refractivity contribution in [2.45, 2.75) is 50.5 Å². The summed E-state index contributed by atoms with van der Waals surface area (Å²) in [5.74, 6) is 6.38. The van der Waals surface area contributed by atoms with Crippen molar-refractivity contribution in [3.63, 3.8) is 0 Å². The van der Waals surface area contributed by atoms with E-state index in [4.69, 9.17) is 9.47 Å². The standard InChI is InChI=1S/C32H35F3N4O3.C2H7N.C2H2/c1-41-30-14-22(16-40)7-12-28(30)36-13-3-4-25-15-26-27(5-2-6-29(26)39(25)19-32(33,34)35)37-23-8-10-24(11-9-23)38-17-31(18-38)20-42-21-31;1-3-2;1-2/h2,5-7,12,14-16,23-24,36-37H,8-11,13,17-21H2,1H3;3H,1-2H3;1-2H. The maximum atomic E-state index is 13.6. The number of nitrogens with one attached hydrogen (secondary N) is 3. The van der Waals surface area contributed by atoms with E-state index in [1.807, 2.05) is 20.2 Å². The van der Waals surface area contributed by atoms with Crippen LogP contribution in [0.5, 0.6) is 5.75 Å². The van der Waals surface area contributed by atoms with Crippen LogP contribution in [-0.4, -0.2) is 88.1 Å². The van der Waals surface area contributed by atoms with Crippen molar-refractivity contribution in [2.75, 3.05) is 64.7 Å². The highest BCUT2D eigenvalue weighted by Gasteiger charge is 2.50. The van der Waals surface area contributed by atoms with Crippen LogP contribution in [0.3, 0.4) is 0 Å². The molecule has 2 aliphatic heterocycles. The van der Waals surface area contributed by atoms with E-state index >= 15 is 0 Å². The zero-order valence-electron chi connectivity index (χ0n) is 27.3. The molecule has 3 heterocycles. The molecule has 0 bridgehead atoms. The lowest BCUT2D eigenvalue weighted by atomic mass is 9.75. The van der Waals surface area contributed by atoms with Gasteiger partial charge in [0.2, 0.25) is 0 Å². The molecule has 1 aliphatic carbocycles. The average Bonchev–Trinajstić information content (AvgIpc) is 3.36. The van der Waals surface area contributed by atoms with Crippen LogP contribution in [0.25, 0.3) is 10.9 Å². The van der Waals surface area contributed by atoms with Crippen molar-refractivity contribution in [1.82, 2.24) is 14.8 Å². The number of fused-ring (bicyclic) bond motifs is 1. The first-order chi connectivity index (χ1) is 22.7. The van der Waals surface area contributed by atoms with Gasteiger partial charge in [0.15, 0.2) is 0 Å². The molecule has 1 aromatic heterocycles. The fourth-order valence-corrected chi connectivity index (χ4v) is 6.52. The molecule has 47 heavy (non-hydrogen) atoms. The quantitative estimate of drug-likeness (QED) is 0.215. The van der Waals surface area contributed by atoms with Gasteiger partial charge in [-0.15, -0.1) is 12.8 Å². The molecule has 8 nitrogen and oxygen atoms in total. The Labute approximate surface area is 275 Å². The zero-order chi connectivity index (χ0) is 34.0. The Bertz CT molecular complexity index is 1570. The molecule has 1 spiro atoms. The number of benzene rings is 2. The molecule has 2 saturated heterocycles. The molecule has 3 aliphatic rings. The fourth-order valence-electron chi connectivity index (χ4n) is 6.52. The van der Waals surface area contributed by atoms with E-state index in [-0.39, 0.29) is 12.6 Å². The van der Waals surface area contributed by atoms with Gasteiger partial charge in [0.25, 0.3) is 0 Å². The number of likely N-dealkylation sites (tertiary alicyclic amines) is 1. The van der Waals surface area contributed by atoms with Gasteiger partial charge in [0.05, 0.1) is 43.8 Å². The van der Waals surface area contributed by atoms with Gasteiger partial charge in [-0.3, -0.25) is 9.69 Å². The van der Waals surface area contributed by atoms with E-state index in [2.05, 4.69) is 45.5 Å². The Kier molecular flexibility index (Phi) is 12.2. The summed E-state index contributed by atoms with van der Waals surface area (Å²) in [7, 11) is 5.25. The zero-order valence-corrected chi connectivity index (χ0v) is 27.3. The summed E-state index contributed by atoms with van der Waals surface area (Å²) in [6.45, 7) is 3.14. The first kappa shape index (κ1) is 35.7. The molecular formula is C36H44F3N5O3. The van der Waals surface area contributed by atoms with E-state index in [9.17, 15) is 18.0 Å². The molecule has 0 atom stereocenters. The first-order valence-corrected chi connectivity index (χ1v) is 15.7. The summed E-state index contributed by atoms with van der Waals surface area (Å²) < 4.78 is 52.8. The summed E-state index contributed by atoms with van der Waals surface area (Å²) in [4.78, 5) is 13.6. The van der Waals surface area contributed by atoms with E-state index in [1.165, 1.54) is 11.7 Å². The minimum Gasteiger partial charge on any atom is -0.495 e. The summed E-state index contributed by atoms with van der Waals surface area (Å²) in [5, 5.41) is 10.2. The minimum atomic E-state index is -4.39. The number of aromatic nitrogens is 1. The van der Waals surface area contributed by atoms with Gasteiger partial charge in [-0.1, -0.05) is 12.0 Å². The van der Waals surface area contributed by atoms with Crippen LogP contribution in [0.15, 0.2) is 42.5 Å². The number of carbonyl (C=O) groups is 1. The molecular weight excluding hydrogens is 607 g/mol. The number of rotatable bonds is 8. The van der Waals surface area contributed by atoms with Crippen molar-refractivity contribution >= 4 is 28.6 Å². The number of aldehydes is 1. The predicted molar refractivity (Wildman–Crippen MR) is 181 cm³/mol. The van der Waals surface area contributed by atoms with Gasteiger partial charge in [-0.05, 0) is 82.1 Å². The lowest BCUT2D eigenvalue weighted by Gasteiger charge is -2.58. The third kappa shape index (κ3) is 8.81. The maximum absolute atomic E-state index is 13.6. The van der Waals surface area contributed by atoms with Crippen LogP contribution >= 0.6 is 0 Å². The van der Waals surface area contributed by atoms with Crippen LogP contribution < -0.4 is 20.7 Å². The van der Waals surface area contributed by atoms with Gasteiger partial charge < -0.3 is 30.0 Å². The Hall–Kier alpha value is -4.16. The Morgan fingerprint density at radius 1 is 1.06 bits per heavy atom. The second-order valence-corrected chi connectivity index (χ2v) is 12.2. The van der Waals surface area contributed by atoms with Gasteiger partial charge in [-0.25, -0.2) is 0 Å². The summed E-state index contributed by atoms with van der Waals surface area (Å²) in [6.07, 6.45) is 8.63. The highest BCUT2D eigenvalue weighted by molar-refractivity contribution is 5.94. The Balaban J connectivity index is 0.000000947. The molecule has 2 aromatic carbocycles. The number of ether oxygens (including phenoxy) is 2. The van der Waals surface area contributed by atoms with E-state index < -0.39 is 12.7 Å². The Morgan fingerprint density at radius 2 is 1.77 bits per heavy atom. The van der Waals surface area contributed by atoms with Gasteiger partial charge in [0.1, 0.15) is 18.6 Å². The molecule has 11 heteroatoms. The number of methoxy groups -OCH3 is 1. The molecule has 252 valence electrons. The highest BCUT2D eigenvalue weighted by Crippen LogP contribution is 2.41. The van der Waals surface area contributed by atoms with E-state index in [0.29, 0.717) is 39.7 Å². The smallest absolute Gasteiger partial charge is 0.406 e. The molecule has 3 aromatic rings. The van der Waals surface area contributed by atoms with Crippen LogP contribution in [-0.2, 0) is 11.3 Å². The number of nitrogens with zero attached hydrogens (tertiary/aromatic N) is 2. The molecule has 0 radical (unpaired) electrons. The maximum Gasteiger partial charge on any atom is 0.406 e. The normalized spacial score (nSPS) is 19.7. The lowest BCUT2D eigenvalue weighted by Crippen LogP contribution is -2.68. The third-order valence-corrected chi connectivity index (χ3v) is 8.69. The highest BCUT2D eigenvalue weighted by atomic mass is 19.4. The number of anilines is 2. The van der Waals surface area contributed by atoms with Crippen molar-refractivity contribution in [2.24, 2.45) is 5.41 Å². The molecule has 3 fully saturated rings. The van der Waals surface area contributed by atoms with E-state index in [0.717, 1.165) is 69.3 Å². The number of hydrogen-bond donors (Lipinski definition) is 3. The lowest BCUT2D eigenvalue weighted by molar-refractivity contribution is -0.200. The van der Waals surface area contributed by atoms with Crippen molar-refractivity contribution < 1.29 is 27.4 Å². The first-order valence-electron chi connectivity index (χ1n) is 15.7. The molecule has 3 N–H and O–H groups in total. The average molecular weight is 652 g/mol. The SMILES string of the molecule is C#C.CNC.COc1cc(C=O)ccc1NCC#Cc1cc2c(NC3CCC(N4CC5(COC5)C4)CC3)cccc2n1CC(F)(F)F. The van der Waals surface area contributed by atoms with Gasteiger partial charge >= 0.3 is 6.18 Å². The van der Waals surface area contributed by atoms with Crippen LogP contribution in [0.2, 0.25) is 0 Å². The number of alkyl halides is 3. The number of halogens is 3. The summed E-state index contributed by atoms with van der Waals surface area (Å²) in [5.41, 5.74) is 3.18. The molecule has 6 rings (SSSR count). The molecule has 1 saturated carbocycles. The molecule has 0 amide bonds. The van der Waals surface area contributed by atoms with Gasteiger partial charge in [-0.2, -0.15) is 13.2 Å². The van der Waals surface area contributed by atoms with Crippen LogP contribution in [0, 0.1) is 30.1 Å². The van der Waals surface area contributed by atoms with Crippen LogP contribution in [0.4, 0.5) is 24.5 Å². The van der Waals surface area contributed by atoms with Crippen molar-refractivity contribution in [1.29, 1.82) is 0 Å². The predicted octanol–water partition coefficient (Wildman–Crippen LogP) is 5.63. The second-order valence-electron chi connectivity index (χ2n) is 12.2. The fraction of sp³-hybridized carbons (Fsp3) is 0.472. The summed E-state index contributed by atoms with van der Waals surface area (Å²) >= 11 is 0. The Morgan fingerprint density at radius 3 is 2.36 bits per heavy atom. The van der Waals surface area contributed by atoms with Crippen molar-refractivity contribution in [3.8, 4) is 30.4 Å². The summed E-state index contributed by atoms with van der Waals surface area (Å²) in [6, 6.07) is 13.1. The number of carbonyl (C=O) groups excluding carboxylic acids is 1. The van der Waals surface area contributed by atoms with Gasteiger partial charge in [0, 0.05) is 47.2 Å². The minimum absolute atomic E-state index is 0.184. The number of terminal acetylenes is 1.